The van der Waals surface area contributed by atoms with Gasteiger partial charge < -0.3 is 9.47 Å². The van der Waals surface area contributed by atoms with Crippen LogP contribution in [0.25, 0.3) is 12.2 Å². The molecule has 0 bridgehead atoms. The molecule has 1 aliphatic carbocycles. The number of allylic oxidation sites excluding steroid dienone is 2. The minimum atomic E-state index is -1.02. The standard InChI is InChI=1S/C30H36O4/c1-21-7-8-23(19-22(21)2)10-13-27(31)30(17-15-29(3,4)16-18-30)28(32)14-11-24-9-12-25(33-5)26(20-24)34-6/h7-14,19-20H,15-18H2,1-6H3/b13-10+,14-11+. The number of hydrogen-bond acceptors (Lipinski definition) is 4. The normalized spacial score (nSPS) is 17.1. The van der Waals surface area contributed by atoms with Crippen LogP contribution in [0.2, 0.25) is 0 Å². The van der Waals surface area contributed by atoms with Gasteiger partial charge in [-0.25, -0.2) is 0 Å². The number of carbonyl (C=O) groups excluding carboxylic acids is 2. The van der Waals surface area contributed by atoms with E-state index >= 15 is 0 Å². The lowest BCUT2D eigenvalue weighted by Crippen LogP contribution is -2.42. The third-order valence-electron chi connectivity index (χ3n) is 7.19. The lowest BCUT2D eigenvalue weighted by Gasteiger charge is -2.40. The summed E-state index contributed by atoms with van der Waals surface area (Å²) in [6.07, 6.45) is 9.55. The molecule has 4 heteroatoms. The average Bonchev–Trinajstić information content (AvgIpc) is 2.83. The highest BCUT2D eigenvalue weighted by atomic mass is 16.5. The van der Waals surface area contributed by atoms with Crippen LogP contribution in [-0.2, 0) is 9.59 Å². The van der Waals surface area contributed by atoms with Crippen LogP contribution in [0.3, 0.4) is 0 Å². The van der Waals surface area contributed by atoms with Crippen molar-refractivity contribution in [1.29, 1.82) is 0 Å². The Labute approximate surface area is 203 Å². The molecule has 2 aromatic carbocycles. The van der Waals surface area contributed by atoms with Crippen LogP contribution in [0.1, 0.15) is 61.8 Å². The highest BCUT2D eigenvalue weighted by Gasteiger charge is 2.47. The Morgan fingerprint density at radius 1 is 0.735 bits per heavy atom. The third kappa shape index (κ3) is 5.67. The monoisotopic (exact) mass is 460 g/mol. The first kappa shape index (κ1) is 25.5. The van der Waals surface area contributed by atoms with Crippen LogP contribution >= 0.6 is 0 Å². The van der Waals surface area contributed by atoms with Crippen molar-refractivity contribution in [2.24, 2.45) is 10.8 Å². The number of hydrogen-bond donors (Lipinski definition) is 0. The van der Waals surface area contributed by atoms with Gasteiger partial charge in [0.05, 0.1) is 19.6 Å². The van der Waals surface area contributed by atoms with E-state index in [4.69, 9.17) is 9.47 Å². The molecule has 34 heavy (non-hydrogen) atoms. The van der Waals surface area contributed by atoms with E-state index in [1.165, 1.54) is 11.1 Å². The second-order valence-electron chi connectivity index (χ2n) is 10.1. The maximum atomic E-state index is 13.5. The molecule has 3 rings (SSSR count). The summed E-state index contributed by atoms with van der Waals surface area (Å²) in [6.45, 7) is 8.53. The Hall–Kier alpha value is -3.14. The number of rotatable bonds is 8. The minimum absolute atomic E-state index is 0.108. The van der Waals surface area contributed by atoms with Gasteiger partial charge in [0.15, 0.2) is 23.1 Å². The van der Waals surface area contributed by atoms with Crippen molar-refractivity contribution >= 4 is 23.7 Å². The fourth-order valence-corrected chi connectivity index (χ4v) is 4.46. The molecule has 1 aliphatic rings. The molecule has 0 amide bonds. The minimum Gasteiger partial charge on any atom is -0.493 e. The van der Waals surface area contributed by atoms with Crippen molar-refractivity contribution in [2.75, 3.05) is 14.2 Å². The van der Waals surface area contributed by atoms with E-state index < -0.39 is 5.41 Å². The molecular formula is C30H36O4. The molecule has 180 valence electrons. The summed E-state index contributed by atoms with van der Waals surface area (Å²) in [5.74, 6) is 0.984. The molecule has 0 unspecified atom stereocenters. The summed E-state index contributed by atoms with van der Waals surface area (Å²) in [7, 11) is 3.16. The van der Waals surface area contributed by atoms with E-state index in [0.29, 0.717) is 24.3 Å². The maximum Gasteiger partial charge on any atom is 0.169 e. The number of methoxy groups -OCH3 is 2. The van der Waals surface area contributed by atoms with Crippen molar-refractivity contribution in [3.63, 3.8) is 0 Å². The van der Waals surface area contributed by atoms with E-state index in [0.717, 1.165) is 24.0 Å². The van der Waals surface area contributed by atoms with Crippen molar-refractivity contribution < 1.29 is 19.1 Å². The molecule has 0 N–H and O–H groups in total. The number of ketones is 2. The zero-order valence-electron chi connectivity index (χ0n) is 21.2. The topological polar surface area (TPSA) is 52.6 Å². The summed E-state index contributed by atoms with van der Waals surface area (Å²) < 4.78 is 10.7. The molecule has 4 nitrogen and oxygen atoms in total. The molecule has 0 saturated heterocycles. The van der Waals surface area contributed by atoms with Gasteiger partial charge >= 0.3 is 0 Å². The summed E-state index contributed by atoms with van der Waals surface area (Å²) >= 11 is 0. The molecule has 0 heterocycles. The molecule has 0 atom stereocenters. The zero-order valence-corrected chi connectivity index (χ0v) is 21.2. The first-order chi connectivity index (χ1) is 16.1. The zero-order chi connectivity index (χ0) is 24.9. The quantitative estimate of drug-likeness (QED) is 0.322. The highest BCUT2D eigenvalue weighted by molar-refractivity contribution is 6.17. The van der Waals surface area contributed by atoms with Crippen molar-refractivity contribution in [1.82, 2.24) is 0 Å². The van der Waals surface area contributed by atoms with Crippen LogP contribution in [0.4, 0.5) is 0 Å². The molecular weight excluding hydrogens is 424 g/mol. The van der Waals surface area contributed by atoms with Crippen LogP contribution in [0.15, 0.2) is 48.6 Å². The van der Waals surface area contributed by atoms with Gasteiger partial charge in [0.2, 0.25) is 0 Å². The number of ether oxygens (including phenoxy) is 2. The Morgan fingerprint density at radius 2 is 1.26 bits per heavy atom. The van der Waals surface area contributed by atoms with Gasteiger partial charge in [-0.05, 0) is 91.5 Å². The molecule has 2 aromatic rings. The summed E-state index contributed by atoms with van der Waals surface area (Å²) in [5.41, 5.74) is 3.29. The highest BCUT2D eigenvalue weighted by Crippen LogP contribution is 2.47. The van der Waals surface area contributed by atoms with Gasteiger partial charge in [0.1, 0.15) is 0 Å². The average molecular weight is 461 g/mol. The van der Waals surface area contributed by atoms with E-state index in [1.807, 2.05) is 24.3 Å². The van der Waals surface area contributed by atoms with E-state index in [-0.39, 0.29) is 17.0 Å². The van der Waals surface area contributed by atoms with Gasteiger partial charge in [0.25, 0.3) is 0 Å². The van der Waals surface area contributed by atoms with E-state index in [9.17, 15) is 9.59 Å². The first-order valence-corrected chi connectivity index (χ1v) is 11.8. The molecule has 0 radical (unpaired) electrons. The summed E-state index contributed by atoms with van der Waals surface area (Å²) in [4.78, 5) is 27.1. The lowest BCUT2D eigenvalue weighted by atomic mass is 9.61. The predicted octanol–water partition coefficient (Wildman–Crippen LogP) is 6.77. The Kier molecular flexibility index (Phi) is 7.81. The largest absolute Gasteiger partial charge is 0.493 e. The maximum absolute atomic E-state index is 13.5. The molecule has 0 aliphatic heterocycles. The molecule has 0 spiro atoms. The Balaban J connectivity index is 1.88. The van der Waals surface area contributed by atoms with Gasteiger partial charge in [0, 0.05) is 0 Å². The second-order valence-corrected chi connectivity index (χ2v) is 10.1. The second kappa shape index (κ2) is 10.4. The van der Waals surface area contributed by atoms with Crippen LogP contribution in [-0.4, -0.2) is 25.8 Å². The van der Waals surface area contributed by atoms with E-state index in [1.54, 1.807) is 38.5 Å². The van der Waals surface area contributed by atoms with Crippen molar-refractivity contribution in [3.8, 4) is 11.5 Å². The fraction of sp³-hybridized carbons (Fsp3) is 0.400. The van der Waals surface area contributed by atoms with Crippen LogP contribution in [0, 0.1) is 24.7 Å². The van der Waals surface area contributed by atoms with Gasteiger partial charge in [-0.1, -0.05) is 50.3 Å². The summed E-state index contributed by atoms with van der Waals surface area (Å²) in [6, 6.07) is 11.6. The smallest absolute Gasteiger partial charge is 0.169 e. The Morgan fingerprint density at radius 3 is 1.79 bits per heavy atom. The molecule has 1 fully saturated rings. The first-order valence-electron chi connectivity index (χ1n) is 11.8. The molecule has 0 aromatic heterocycles. The van der Waals surface area contributed by atoms with Crippen LogP contribution < -0.4 is 9.47 Å². The third-order valence-corrected chi connectivity index (χ3v) is 7.19. The molecule has 1 saturated carbocycles. The van der Waals surface area contributed by atoms with Crippen molar-refractivity contribution in [2.45, 2.75) is 53.4 Å². The van der Waals surface area contributed by atoms with Gasteiger partial charge in [-0.3, -0.25) is 9.59 Å². The number of carbonyl (C=O) groups is 2. The predicted molar refractivity (Wildman–Crippen MR) is 138 cm³/mol. The lowest BCUT2D eigenvalue weighted by molar-refractivity contribution is -0.138. The van der Waals surface area contributed by atoms with Crippen LogP contribution in [0.5, 0.6) is 11.5 Å². The number of aryl methyl sites for hydroxylation is 2. The Bertz CT molecular complexity index is 1110. The summed E-state index contributed by atoms with van der Waals surface area (Å²) in [5, 5.41) is 0. The van der Waals surface area contributed by atoms with E-state index in [2.05, 4.69) is 39.8 Å². The fourth-order valence-electron chi connectivity index (χ4n) is 4.46. The van der Waals surface area contributed by atoms with Crippen molar-refractivity contribution in [3.05, 3.63) is 70.8 Å². The van der Waals surface area contributed by atoms with Gasteiger partial charge in [-0.2, -0.15) is 0 Å². The van der Waals surface area contributed by atoms with Gasteiger partial charge in [-0.15, -0.1) is 0 Å². The SMILES string of the molecule is COc1ccc(/C=C/C(=O)C2(C(=O)/C=C/c3ccc(C)c(C)c3)CCC(C)(C)CC2)cc1OC. The number of benzene rings is 2.